The summed E-state index contributed by atoms with van der Waals surface area (Å²) in [6.07, 6.45) is 0. The van der Waals surface area contributed by atoms with Gasteiger partial charge >= 0.3 is 0 Å². The maximum Gasteiger partial charge on any atom is 0.128 e. The molecule has 1 aromatic carbocycles. The Morgan fingerprint density at radius 1 is 1.20 bits per heavy atom. The van der Waals surface area contributed by atoms with Gasteiger partial charge in [-0.1, -0.05) is 24.3 Å². The van der Waals surface area contributed by atoms with Gasteiger partial charge in [0.25, 0.3) is 0 Å². The van der Waals surface area contributed by atoms with Crippen molar-refractivity contribution in [2.24, 2.45) is 5.73 Å². The number of benzene rings is 1. The number of hydrogen-bond acceptors (Lipinski definition) is 2. The molecule has 15 heavy (non-hydrogen) atoms. The first-order valence-corrected chi connectivity index (χ1v) is 5.58. The van der Waals surface area contributed by atoms with Crippen LogP contribution in [0.2, 0.25) is 0 Å². The Kier molecular flexibility index (Phi) is 2.59. The Labute approximate surface area is 92.4 Å². The molecular weight excluding hydrogens is 209 g/mol. The fraction of sp³-hybridized carbons (Fsp3) is 0.167. The van der Waals surface area contributed by atoms with E-state index in [-0.39, 0.29) is 5.82 Å². The zero-order chi connectivity index (χ0) is 10.9. The van der Waals surface area contributed by atoms with Crippen LogP contribution in [-0.4, -0.2) is 0 Å². The van der Waals surface area contributed by atoms with E-state index < -0.39 is 5.54 Å². The molecule has 0 saturated heterocycles. The molecule has 2 rings (SSSR count). The smallest absolute Gasteiger partial charge is 0.128 e. The lowest BCUT2D eigenvalue weighted by Crippen LogP contribution is -2.34. The van der Waals surface area contributed by atoms with Gasteiger partial charge in [-0.05, 0) is 24.4 Å². The summed E-state index contributed by atoms with van der Waals surface area (Å²) < 4.78 is 13.6. The Bertz CT molecular complexity index is 448. The van der Waals surface area contributed by atoms with Crippen LogP contribution < -0.4 is 5.73 Å². The summed E-state index contributed by atoms with van der Waals surface area (Å²) in [5.41, 5.74) is 5.96. The lowest BCUT2D eigenvalue weighted by Gasteiger charge is -2.24. The zero-order valence-corrected chi connectivity index (χ0v) is 9.22. The zero-order valence-electron chi connectivity index (χ0n) is 8.41. The van der Waals surface area contributed by atoms with Gasteiger partial charge in [-0.2, -0.15) is 0 Å². The molecule has 2 N–H and O–H groups in total. The highest BCUT2D eigenvalue weighted by Crippen LogP contribution is 2.31. The van der Waals surface area contributed by atoms with Crippen LogP contribution in [0.25, 0.3) is 0 Å². The van der Waals surface area contributed by atoms with Crippen molar-refractivity contribution >= 4 is 11.3 Å². The molecule has 1 heterocycles. The van der Waals surface area contributed by atoms with Crippen LogP contribution in [0.15, 0.2) is 41.8 Å². The molecule has 2 aromatic rings. The molecule has 0 fully saturated rings. The molecule has 1 aromatic heterocycles. The second-order valence-corrected chi connectivity index (χ2v) is 4.61. The number of halogens is 1. The predicted molar refractivity (Wildman–Crippen MR) is 61.4 cm³/mol. The maximum absolute atomic E-state index is 13.6. The summed E-state index contributed by atoms with van der Waals surface area (Å²) in [6.45, 7) is 1.83. The minimum absolute atomic E-state index is 0.254. The topological polar surface area (TPSA) is 26.0 Å². The first kappa shape index (κ1) is 10.3. The third kappa shape index (κ3) is 1.80. The molecule has 1 atom stereocenters. The average molecular weight is 221 g/mol. The predicted octanol–water partition coefficient (Wildman–Crippen LogP) is 3.11. The molecule has 1 nitrogen and oxygen atoms in total. The van der Waals surface area contributed by atoms with Crippen LogP contribution in [0.1, 0.15) is 17.4 Å². The van der Waals surface area contributed by atoms with Gasteiger partial charge < -0.3 is 5.73 Å². The Morgan fingerprint density at radius 3 is 2.53 bits per heavy atom. The highest BCUT2D eigenvalue weighted by atomic mass is 32.1. The van der Waals surface area contributed by atoms with E-state index in [1.165, 1.54) is 6.07 Å². The number of nitrogens with two attached hydrogens (primary N) is 1. The van der Waals surface area contributed by atoms with Crippen molar-refractivity contribution < 1.29 is 4.39 Å². The van der Waals surface area contributed by atoms with E-state index in [9.17, 15) is 4.39 Å². The summed E-state index contributed by atoms with van der Waals surface area (Å²) in [7, 11) is 0. The van der Waals surface area contributed by atoms with Crippen molar-refractivity contribution in [1.29, 1.82) is 0 Å². The summed E-state index contributed by atoms with van der Waals surface area (Å²) >= 11 is 1.54. The van der Waals surface area contributed by atoms with Gasteiger partial charge in [0.2, 0.25) is 0 Å². The quantitative estimate of drug-likeness (QED) is 0.828. The van der Waals surface area contributed by atoms with E-state index in [0.717, 1.165) is 4.88 Å². The molecule has 0 aliphatic carbocycles. The van der Waals surface area contributed by atoms with Crippen LogP contribution in [0.4, 0.5) is 4.39 Å². The van der Waals surface area contributed by atoms with Crippen LogP contribution in [0, 0.1) is 5.82 Å². The maximum atomic E-state index is 13.6. The van der Waals surface area contributed by atoms with Crippen LogP contribution in [0.3, 0.4) is 0 Å². The van der Waals surface area contributed by atoms with Crippen LogP contribution in [0.5, 0.6) is 0 Å². The van der Waals surface area contributed by atoms with Gasteiger partial charge in [0.15, 0.2) is 0 Å². The van der Waals surface area contributed by atoms with Crippen molar-refractivity contribution in [3.05, 3.63) is 58.0 Å². The molecule has 0 aliphatic heterocycles. The van der Waals surface area contributed by atoms with Crippen molar-refractivity contribution in [2.45, 2.75) is 12.5 Å². The molecule has 0 saturated carbocycles. The van der Waals surface area contributed by atoms with Gasteiger partial charge in [-0.25, -0.2) is 4.39 Å². The Hall–Kier alpha value is -1.19. The first-order chi connectivity index (χ1) is 7.12. The van der Waals surface area contributed by atoms with E-state index in [1.54, 1.807) is 29.5 Å². The van der Waals surface area contributed by atoms with Gasteiger partial charge in [0, 0.05) is 10.4 Å². The van der Waals surface area contributed by atoms with Gasteiger partial charge in [0.05, 0.1) is 5.54 Å². The fourth-order valence-electron chi connectivity index (χ4n) is 1.59. The number of hydrogen-bond donors (Lipinski definition) is 1. The Morgan fingerprint density at radius 2 is 1.93 bits per heavy atom. The van der Waals surface area contributed by atoms with Crippen molar-refractivity contribution in [2.75, 3.05) is 0 Å². The molecule has 0 aliphatic rings. The molecule has 0 spiro atoms. The second-order valence-electron chi connectivity index (χ2n) is 3.66. The minimum Gasteiger partial charge on any atom is -0.317 e. The van der Waals surface area contributed by atoms with E-state index >= 15 is 0 Å². The minimum atomic E-state index is -0.750. The van der Waals surface area contributed by atoms with E-state index in [1.807, 2.05) is 24.4 Å². The largest absolute Gasteiger partial charge is 0.317 e. The molecule has 1 unspecified atom stereocenters. The van der Waals surface area contributed by atoms with Crippen LogP contribution in [-0.2, 0) is 5.54 Å². The highest BCUT2D eigenvalue weighted by molar-refractivity contribution is 7.10. The molecule has 3 heteroatoms. The third-order valence-corrected chi connectivity index (χ3v) is 3.57. The lowest BCUT2D eigenvalue weighted by molar-refractivity contribution is 0.537. The SMILES string of the molecule is CC(N)(c1cccs1)c1ccccc1F. The van der Waals surface area contributed by atoms with Crippen molar-refractivity contribution in [1.82, 2.24) is 0 Å². The number of thiophene rings is 1. The van der Waals surface area contributed by atoms with Gasteiger partial charge in [0.1, 0.15) is 5.82 Å². The van der Waals surface area contributed by atoms with E-state index in [4.69, 9.17) is 5.73 Å². The molecular formula is C12H12FNS. The molecule has 0 bridgehead atoms. The summed E-state index contributed by atoms with van der Waals surface area (Å²) in [5.74, 6) is -0.254. The third-order valence-electron chi connectivity index (χ3n) is 2.47. The van der Waals surface area contributed by atoms with Crippen molar-refractivity contribution in [3.8, 4) is 0 Å². The number of rotatable bonds is 2. The monoisotopic (exact) mass is 221 g/mol. The lowest BCUT2D eigenvalue weighted by atomic mass is 9.91. The van der Waals surface area contributed by atoms with Gasteiger partial charge in [-0.15, -0.1) is 11.3 Å². The standard InChI is InChI=1S/C12H12FNS/c1-12(14,11-7-4-8-15-11)9-5-2-3-6-10(9)13/h2-8H,14H2,1H3. The average Bonchev–Trinajstić information content (AvgIpc) is 2.71. The summed E-state index contributed by atoms with van der Waals surface area (Å²) in [5, 5.41) is 1.95. The molecule has 78 valence electrons. The fourth-order valence-corrected chi connectivity index (χ4v) is 2.40. The molecule has 0 amide bonds. The van der Waals surface area contributed by atoms with Gasteiger partial charge in [-0.3, -0.25) is 0 Å². The first-order valence-electron chi connectivity index (χ1n) is 4.70. The van der Waals surface area contributed by atoms with E-state index in [0.29, 0.717) is 5.56 Å². The Balaban J connectivity index is 2.51. The summed E-state index contributed by atoms with van der Waals surface area (Å²) in [6, 6.07) is 10.5. The second kappa shape index (κ2) is 3.76. The highest BCUT2D eigenvalue weighted by Gasteiger charge is 2.27. The normalized spacial score (nSPS) is 14.9. The molecule has 0 radical (unpaired) electrons. The van der Waals surface area contributed by atoms with E-state index in [2.05, 4.69) is 0 Å². The van der Waals surface area contributed by atoms with Crippen LogP contribution >= 0.6 is 11.3 Å². The summed E-state index contributed by atoms with van der Waals surface area (Å²) in [4.78, 5) is 0.965. The van der Waals surface area contributed by atoms with Crippen molar-refractivity contribution in [3.63, 3.8) is 0 Å².